The van der Waals surface area contributed by atoms with Crippen molar-refractivity contribution in [3.05, 3.63) is 71.4 Å². The highest BCUT2D eigenvalue weighted by atomic mass is 32.2. The van der Waals surface area contributed by atoms with Gasteiger partial charge in [0.1, 0.15) is 17.6 Å². The van der Waals surface area contributed by atoms with Crippen molar-refractivity contribution in [2.24, 2.45) is 5.10 Å². The summed E-state index contributed by atoms with van der Waals surface area (Å²) in [5.74, 6) is 1.98. The van der Waals surface area contributed by atoms with Crippen molar-refractivity contribution in [2.45, 2.75) is 31.5 Å². The van der Waals surface area contributed by atoms with Crippen LogP contribution in [0.2, 0.25) is 0 Å². The number of rotatable bonds is 6. The molecule has 1 aliphatic rings. The molecular formula is C23H22N6O3S. The van der Waals surface area contributed by atoms with Crippen LogP contribution in [-0.4, -0.2) is 49.1 Å². The van der Waals surface area contributed by atoms with E-state index in [1.54, 1.807) is 17.9 Å². The molecule has 4 heterocycles. The van der Waals surface area contributed by atoms with Gasteiger partial charge in [-0.1, -0.05) is 11.8 Å². The molecule has 168 valence electrons. The van der Waals surface area contributed by atoms with E-state index < -0.39 is 0 Å². The number of carbonyl (C=O) groups excluding carboxylic acids is 1. The van der Waals surface area contributed by atoms with Gasteiger partial charge in [0.2, 0.25) is 5.16 Å². The Morgan fingerprint density at radius 1 is 1.21 bits per heavy atom. The van der Waals surface area contributed by atoms with Crippen molar-refractivity contribution in [2.75, 3.05) is 12.9 Å². The van der Waals surface area contributed by atoms with E-state index in [1.807, 2.05) is 56.3 Å². The zero-order valence-electron chi connectivity index (χ0n) is 18.4. The van der Waals surface area contributed by atoms with Crippen LogP contribution in [0.4, 0.5) is 0 Å². The SMILES string of the molecule is COc1ccc(C2=NN(C(=O)CSc3nc4nc(C)cc(C)n4n3)[C@H](c3ccco3)C2)cc1. The fourth-order valence-corrected chi connectivity index (χ4v) is 4.47. The van der Waals surface area contributed by atoms with Crippen LogP contribution >= 0.6 is 11.8 Å². The highest BCUT2D eigenvalue weighted by Gasteiger charge is 2.35. The van der Waals surface area contributed by atoms with E-state index >= 15 is 0 Å². The molecule has 33 heavy (non-hydrogen) atoms. The van der Waals surface area contributed by atoms with Gasteiger partial charge in [0.15, 0.2) is 0 Å². The van der Waals surface area contributed by atoms with Crippen LogP contribution in [0, 0.1) is 13.8 Å². The molecule has 0 radical (unpaired) electrons. The van der Waals surface area contributed by atoms with Gasteiger partial charge in [-0.3, -0.25) is 4.79 Å². The molecule has 1 atom stereocenters. The maximum absolute atomic E-state index is 13.2. The van der Waals surface area contributed by atoms with E-state index in [0.717, 1.165) is 28.4 Å². The Labute approximate surface area is 194 Å². The number of methoxy groups -OCH3 is 1. The molecule has 0 bridgehead atoms. The Morgan fingerprint density at radius 2 is 2.03 bits per heavy atom. The van der Waals surface area contributed by atoms with Crippen LogP contribution in [-0.2, 0) is 4.79 Å². The molecule has 5 rings (SSSR count). The lowest BCUT2D eigenvalue weighted by molar-refractivity contribution is -0.130. The number of benzene rings is 1. The molecule has 0 saturated carbocycles. The van der Waals surface area contributed by atoms with Gasteiger partial charge in [-0.25, -0.2) is 14.5 Å². The summed E-state index contributed by atoms with van der Waals surface area (Å²) in [6.07, 6.45) is 2.17. The van der Waals surface area contributed by atoms with Crippen molar-refractivity contribution in [1.29, 1.82) is 0 Å². The maximum Gasteiger partial charge on any atom is 0.253 e. The first-order chi connectivity index (χ1) is 16.0. The van der Waals surface area contributed by atoms with Crippen LogP contribution in [0.15, 0.2) is 63.4 Å². The first kappa shape index (κ1) is 21.2. The average molecular weight is 463 g/mol. The number of thioether (sulfide) groups is 1. The third kappa shape index (κ3) is 4.21. The zero-order chi connectivity index (χ0) is 22.9. The number of aromatic nitrogens is 4. The lowest BCUT2D eigenvalue weighted by Gasteiger charge is -2.19. The normalized spacial score (nSPS) is 15.8. The second kappa shape index (κ2) is 8.70. The van der Waals surface area contributed by atoms with E-state index in [-0.39, 0.29) is 17.7 Å². The minimum Gasteiger partial charge on any atom is -0.497 e. The first-order valence-electron chi connectivity index (χ1n) is 10.4. The zero-order valence-corrected chi connectivity index (χ0v) is 19.2. The fourth-order valence-electron chi connectivity index (χ4n) is 3.80. The molecule has 0 spiro atoms. The second-order valence-electron chi connectivity index (χ2n) is 7.68. The number of fused-ring (bicyclic) bond motifs is 1. The van der Waals surface area contributed by atoms with E-state index in [4.69, 9.17) is 9.15 Å². The van der Waals surface area contributed by atoms with Crippen LogP contribution in [0.5, 0.6) is 5.75 Å². The van der Waals surface area contributed by atoms with Crippen molar-refractivity contribution in [3.8, 4) is 5.75 Å². The number of hydrogen-bond acceptors (Lipinski definition) is 8. The summed E-state index contributed by atoms with van der Waals surface area (Å²) in [6.45, 7) is 3.86. The third-order valence-electron chi connectivity index (χ3n) is 5.38. The molecule has 10 heteroatoms. The summed E-state index contributed by atoms with van der Waals surface area (Å²) in [7, 11) is 1.63. The lowest BCUT2D eigenvalue weighted by atomic mass is 10.0. The highest BCUT2D eigenvalue weighted by Crippen LogP contribution is 2.34. The Morgan fingerprint density at radius 3 is 2.76 bits per heavy atom. The maximum atomic E-state index is 13.2. The molecule has 4 aromatic rings. The van der Waals surface area contributed by atoms with Crippen LogP contribution in [0.1, 0.15) is 35.2 Å². The van der Waals surface area contributed by atoms with Crippen molar-refractivity contribution in [3.63, 3.8) is 0 Å². The fraction of sp³-hybridized carbons (Fsp3) is 0.261. The summed E-state index contributed by atoms with van der Waals surface area (Å²) in [5, 5.41) is 11.1. The van der Waals surface area contributed by atoms with Gasteiger partial charge in [0, 0.05) is 17.8 Å². The number of aryl methyl sites for hydroxylation is 2. The van der Waals surface area contributed by atoms with Gasteiger partial charge < -0.3 is 9.15 Å². The molecule has 9 nitrogen and oxygen atoms in total. The quantitative estimate of drug-likeness (QED) is 0.402. The molecular weight excluding hydrogens is 440 g/mol. The number of furan rings is 1. The molecule has 3 aromatic heterocycles. The number of hydrogen-bond donors (Lipinski definition) is 0. The van der Waals surface area contributed by atoms with E-state index in [0.29, 0.717) is 23.1 Å². The monoisotopic (exact) mass is 462 g/mol. The second-order valence-corrected chi connectivity index (χ2v) is 8.63. The summed E-state index contributed by atoms with van der Waals surface area (Å²) >= 11 is 1.27. The number of hydrazone groups is 1. The molecule has 0 fully saturated rings. The van der Waals surface area contributed by atoms with E-state index in [1.165, 1.54) is 16.8 Å². The molecule has 0 N–H and O–H groups in total. The van der Waals surface area contributed by atoms with Gasteiger partial charge in [0.05, 0.1) is 24.8 Å². The molecule has 1 amide bonds. The van der Waals surface area contributed by atoms with Crippen LogP contribution < -0.4 is 4.74 Å². The Balaban J connectivity index is 1.36. The average Bonchev–Trinajstić information content (AvgIpc) is 3.56. The Bertz CT molecular complexity index is 1330. The predicted octanol–water partition coefficient (Wildman–Crippen LogP) is 3.81. The van der Waals surface area contributed by atoms with Gasteiger partial charge in [-0.15, -0.1) is 5.10 Å². The summed E-state index contributed by atoms with van der Waals surface area (Å²) in [6, 6.07) is 13.0. The van der Waals surface area contributed by atoms with E-state index in [9.17, 15) is 4.79 Å². The van der Waals surface area contributed by atoms with Gasteiger partial charge in [-0.2, -0.15) is 10.1 Å². The predicted molar refractivity (Wildman–Crippen MR) is 123 cm³/mol. The number of carbonyl (C=O) groups is 1. The van der Waals surface area contributed by atoms with Crippen molar-refractivity contribution >= 4 is 29.2 Å². The highest BCUT2D eigenvalue weighted by molar-refractivity contribution is 7.99. The summed E-state index contributed by atoms with van der Waals surface area (Å²) in [4.78, 5) is 22.0. The van der Waals surface area contributed by atoms with Gasteiger partial charge in [-0.05, 0) is 61.9 Å². The number of ether oxygens (including phenoxy) is 1. The minimum atomic E-state index is -0.300. The standard InChI is InChI=1S/C23H22N6O3S/c1-14-11-15(2)28-22(24-14)25-23(27-28)33-13-21(30)29-19(20-5-4-10-32-20)12-18(26-29)16-6-8-17(31-3)9-7-16/h4-11,19H,12-13H2,1-3H3/t19-/m0/s1. The van der Waals surface area contributed by atoms with Gasteiger partial charge >= 0.3 is 0 Å². The minimum absolute atomic E-state index is 0.144. The van der Waals surface area contributed by atoms with Crippen molar-refractivity contribution < 1.29 is 13.9 Å². The van der Waals surface area contributed by atoms with Crippen LogP contribution in [0.3, 0.4) is 0 Å². The molecule has 1 aliphatic heterocycles. The van der Waals surface area contributed by atoms with Crippen molar-refractivity contribution in [1.82, 2.24) is 24.6 Å². The largest absolute Gasteiger partial charge is 0.497 e. The smallest absolute Gasteiger partial charge is 0.253 e. The van der Waals surface area contributed by atoms with E-state index in [2.05, 4.69) is 20.2 Å². The lowest BCUT2D eigenvalue weighted by Crippen LogP contribution is -2.28. The molecule has 0 saturated heterocycles. The summed E-state index contributed by atoms with van der Waals surface area (Å²) < 4.78 is 12.5. The molecule has 1 aromatic carbocycles. The Kier molecular flexibility index (Phi) is 5.59. The number of amides is 1. The topological polar surface area (TPSA) is 98.1 Å². The van der Waals surface area contributed by atoms with Gasteiger partial charge in [0.25, 0.3) is 11.7 Å². The molecule has 0 unspecified atom stereocenters. The first-order valence-corrected chi connectivity index (χ1v) is 11.4. The Hall–Kier alpha value is -3.66. The summed E-state index contributed by atoms with van der Waals surface area (Å²) in [5.41, 5.74) is 3.57. The molecule has 0 aliphatic carbocycles. The number of nitrogens with zero attached hydrogens (tertiary/aromatic N) is 6. The third-order valence-corrected chi connectivity index (χ3v) is 6.21. The van der Waals surface area contributed by atoms with Crippen LogP contribution in [0.25, 0.3) is 5.78 Å².